The Hall–Kier alpha value is -1.83. The van der Waals surface area contributed by atoms with Gasteiger partial charge in [-0.15, -0.1) is 11.3 Å². The van der Waals surface area contributed by atoms with Crippen LogP contribution in [0.3, 0.4) is 0 Å². The molecule has 1 aromatic carbocycles. The van der Waals surface area contributed by atoms with Crippen LogP contribution >= 0.6 is 34.7 Å². The van der Waals surface area contributed by atoms with Gasteiger partial charge < -0.3 is 5.11 Å². The van der Waals surface area contributed by atoms with E-state index in [-0.39, 0.29) is 17.5 Å². The minimum Gasteiger partial charge on any atom is -0.477 e. The molecule has 128 valence electrons. The fourth-order valence-electron chi connectivity index (χ4n) is 3.08. The molecule has 3 aromatic rings. The van der Waals surface area contributed by atoms with Crippen LogP contribution in [0.1, 0.15) is 17.8 Å². The normalized spacial score (nSPS) is 16.2. The third kappa shape index (κ3) is 2.67. The molecule has 4 rings (SSSR count). The summed E-state index contributed by atoms with van der Waals surface area (Å²) in [6.07, 6.45) is 1.73. The first-order valence-electron chi connectivity index (χ1n) is 7.82. The van der Waals surface area contributed by atoms with Crippen molar-refractivity contribution in [1.82, 2.24) is 9.55 Å². The zero-order valence-electron chi connectivity index (χ0n) is 13.3. The molecule has 0 fully saturated rings. The topological polar surface area (TPSA) is 59.0 Å². The number of hydrogen-bond acceptors (Lipinski definition) is 5. The van der Waals surface area contributed by atoms with Gasteiger partial charge in [0.05, 0.1) is 17.2 Å². The van der Waals surface area contributed by atoms with Gasteiger partial charge in [-0.05, 0) is 24.2 Å². The molecule has 5 nitrogen and oxygen atoms in total. The van der Waals surface area contributed by atoms with Gasteiger partial charge in [-0.3, -0.25) is 0 Å². The number of rotatable bonds is 3. The van der Waals surface area contributed by atoms with Gasteiger partial charge in [-0.2, -0.15) is 9.13 Å². The number of thioether (sulfide) groups is 1. The number of fused-ring (bicyclic) bond motifs is 1. The van der Waals surface area contributed by atoms with Gasteiger partial charge in [0.2, 0.25) is 0 Å². The van der Waals surface area contributed by atoms with Crippen LogP contribution in [0, 0.1) is 0 Å². The molecule has 0 spiro atoms. The highest BCUT2D eigenvalue weighted by Gasteiger charge is 2.40. The van der Waals surface area contributed by atoms with Gasteiger partial charge in [0.15, 0.2) is 16.1 Å². The minimum atomic E-state index is -0.192. The fourth-order valence-corrected chi connectivity index (χ4v) is 5.59. The molecule has 1 unspecified atom stereocenters. The van der Waals surface area contributed by atoms with Crippen molar-refractivity contribution >= 4 is 34.7 Å². The zero-order valence-corrected chi connectivity index (χ0v) is 15.7. The molecule has 0 amide bonds. The van der Waals surface area contributed by atoms with Gasteiger partial charge in [-0.25, -0.2) is 9.78 Å². The van der Waals surface area contributed by atoms with Crippen LogP contribution in [-0.4, -0.2) is 20.4 Å². The smallest absolute Gasteiger partial charge is 0.350 e. The van der Waals surface area contributed by atoms with Crippen molar-refractivity contribution in [2.45, 2.75) is 24.7 Å². The van der Waals surface area contributed by atoms with E-state index in [0.717, 1.165) is 10.0 Å². The maximum absolute atomic E-state index is 13.3. The molecular weight excluding hydrogens is 378 g/mol. The fraction of sp³-hybridized carbons (Fsp3) is 0.235. The van der Waals surface area contributed by atoms with Gasteiger partial charge in [-0.1, -0.05) is 41.9 Å². The number of nitrogens with zero attached hydrogens (tertiary/aromatic N) is 3. The predicted octanol–water partition coefficient (Wildman–Crippen LogP) is 3.33. The molecule has 0 saturated heterocycles. The van der Waals surface area contributed by atoms with E-state index in [1.165, 1.54) is 11.3 Å². The zero-order chi connectivity index (χ0) is 17.6. The Morgan fingerprint density at radius 3 is 2.80 bits per heavy atom. The van der Waals surface area contributed by atoms with Gasteiger partial charge in [0, 0.05) is 6.20 Å². The van der Waals surface area contributed by atoms with Crippen LogP contribution in [0.15, 0.2) is 46.5 Å². The molecule has 3 heterocycles. The Balaban J connectivity index is 1.99. The lowest BCUT2D eigenvalue weighted by Crippen LogP contribution is -2.43. The summed E-state index contributed by atoms with van der Waals surface area (Å²) in [5.74, 6) is 0.728. The average Bonchev–Trinajstić information content (AvgIpc) is 3.23. The van der Waals surface area contributed by atoms with Crippen molar-refractivity contribution < 1.29 is 9.67 Å². The van der Waals surface area contributed by atoms with E-state index in [0.29, 0.717) is 27.9 Å². The van der Waals surface area contributed by atoms with Crippen LogP contribution in [-0.2, 0) is 6.54 Å². The van der Waals surface area contributed by atoms with Crippen LogP contribution < -0.4 is 10.1 Å². The van der Waals surface area contributed by atoms with Crippen LogP contribution in [0.5, 0.6) is 5.88 Å². The Labute approximate surface area is 157 Å². The van der Waals surface area contributed by atoms with E-state index in [2.05, 4.69) is 4.98 Å². The molecule has 1 aliphatic heterocycles. The molecule has 2 aromatic heterocycles. The predicted molar refractivity (Wildman–Crippen MR) is 99.7 cm³/mol. The van der Waals surface area contributed by atoms with E-state index in [1.807, 2.05) is 37.3 Å². The number of thiazole rings is 1. The van der Waals surface area contributed by atoms with Crippen molar-refractivity contribution in [3.8, 4) is 17.0 Å². The van der Waals surface area contributed by atoms with Gasteiger partial charge in [0.25, 0.3) is 5.88 Å². The van der Waals surface area contributed by atoms with Crippen LogP contribution in [0.2, 0.25) is 4.47 Å². The third-order valence-corrected chi connectivity index (χ3v) is 6.61. The molecule has 1 aliphatic rings. The van der Waals surface area contributed by atoms with E-state index >= 15 is 0 Å². The first-order valence-corrected chi connectivity index (χ1v) is 10.0. The summed E-state index contributed by atoms with van der Waals surface area (Å²) in [5, 5.41) is 11.5. The Kier molecular flexibility index (Phi) is 4.31. The lowest BCUT2D eigenvalue weighted by Gasteiger charge is -2.11. The summed E-state index contributed by atoms with van der Waals surface area (Å²) in [6, 6.07) is 9.15. The van der Waals surface area contributed by atoms with Crippen LogP contribution in [0.25, 0.3) is 11.1 Å². The summed E-state index contributed by atoms with van der Waals surface area (Å²) in [5.41, 5.74) is 0.845. The first-order chi connectivity index (χ1) is 12.1. The molecule has 1 N–H and O–H groups in total. The monoisotopic (exact) mass is 392 g/mol. The van der Waals surface area contributed by atoms with Crippen molar-refractivity contribution in [2.24, 2.45) is 0 Å². The van der Waals surface area contributed by atoms with Crippen molar-refractivity contribution in [2.75, 3.05) is 5.75 Å². The van der Waals surface area contributed by atoms with Crippen molar-refractivity contribution in [1.29, 1.82) is 0 Å². The minimum absolute atomic E-state index is 0.0143. The molecule has 0 radical (unpaired) electrons. The summed E-state index contributed by atoms with van der Waals surface area (Å²) in [4.78, 5) is 18.3. The Bertz CT molecular complexity index is 1000. The molecule has 0 bridgehead atoms. The van der Waals surface area contributed by atoms with Crippen LogP contribution in [0.4, 0.5) is 0 Å². The summed E-state index contributed by atoms with van der Waals surface area (Å²) >= 11 is 8.94. The molecule has 1 atom stereocenters. The second kappa shape index (κ2) is 6.48. The van der Waals surface area contributed by atoms with E-state index < -0.39 is 0 Å². The SMILES string of the molecule is CC[n+]1c(O)c(-c2ccccc2)c(=O)n2c1SCC2c1cnc(Cl)s1. The largest absolute Gasteiger partial charge is 0.477 e. The molecule has 8 heteroatoms. The summed E-state index contributed by atoms with van der Waals surface area (Å²) in [6.45, 7) is 2.53. The molecule has 25 heavy (non-hydrogen) atoms. The third-order valence-electron chi connectivity index (χ3n) is 4.23. The summed E-state index contributed by atoms with van der Waals surface area (Å²) < 4.78 is 4.02. The lowest BCUT2D eigenvalue weighted by atomic mass is 10.1. The van der Waals surface area contributed by atoms with E-state index in [1.54, 1.807) is 27.1 Å². The second-order valence-corrected chi connectivity index (χ2v) is 8.24. The standard InChI is InChI=1S/C17H14ClN3O2S2/c1-2-20-14(22)13(10-6-4-3-5-7-10)15(23)21-11(9-24-17(20)21)12-8-19-16(18)25-12/h3-8,11H,2,9H2,1H3/p+1. The van der Waals surface area contributed by atoms with Crippen molar-refractivity contribution in [3.63, 3.8) is 0 Å². The lowest BCUT2D eigenvalue weighted by molar-refractivity contribution is -0.740. The molecule has 0 aliphatic carbocycles. The Morgan fingerprint density at radius 2 is 2.16 bits per heavy atom. The number of aromatic hydroxyl groups is 1. The van der Waals surface area contributed by atoms with E-state index in [9.17, 15) is 9.90 Å². The summed E-state index contributed by atoms with van der Waals surface area (Å²) in [7, 11) is 0. The van der Waals surface area contributed by atoms with Gasteiger partial charge >= 0.3 is 10.7 Å². The highest BCUT2D eigenvalue weighted by Crippen LogP contribution is 2.39. The molecular formula is C17H15ClN3O2S2+. The highest BCUT2D eigenvalue weighted by molar-refractivity contribution is 7.99. The van der Waals surface area contributed by atoms with Gasteiger partial charge in [0.1, 0.15) is 0 Å². The second-order valence-electron chi connectivity index (χ2n) is 5.61. The molecule has 0 saturated carbocycles. The van der Waals surface area contributed by atoms with E-state index in [4.69, 9.17) is 11.6 Å². The maximum atomic E-state index is 13.3. The number of benzene rings is 1. The quantitative estimate of drug-likeness (QED) is 0.548. The number of halogens is 1. The maximum Gasteiger partial charge on any atom is 0.350 e. The van der Waals surface area contributed by atoms with Crippen molar-refractivity contribution in [3.05, 3.63) is 56.2 Å². The number of aromatic nitrogens is 3. The first kappa shape index (κ1) is 16.6. The highest BCUT2D eigenvalue weighted by atomic mass is 35.5. The number of hydrogen-bond donors (Lipinski definition) is 1. The Morgan fingerprint density at radius 1 is 1.40 bits per heavy atom. The average molecular weight is 393 g/mol.